The Balaban J connectivity index is 2.47. The Hall–Kier alpha value is -2.14. The number of benzene rings is 1. The SMILES string of the molecule is CC(CCO)Nc1cc(C(=O)O)nc2ccccc12. The van der Waals surface area contributed by atoms with Gasteiger partial charge in [0.15, 0.2) is 5.69 Å². The average molecular weight is 260 g/mol. The second-order valence-corrected chi connectivity index (χ2v) is 4.44. The van der Waals surface area contributed by atoms with E-state index in [0.29, 0.717) is 11.9 Å². The minimum Gasteiger partial charge on any atom is -0.477 e. The summed E-state index contributed by atoms with van der Waals surface area (Å²) in [5, 5.41) is 22.1. The van der Waals surface area contributed by atoms with Crippen molar-refractivity contribution in [1.82, 2.24) is 4.98 Å². The van der Waals surface area contributed by atoms with Crippen LogP contribution in [0.1, 0.15) is 23.8 Å². The summed E-state index contributed by atoms with van der Waals surface area (Å²) < 4.78 is 0. The van der Waals surface area contributed by atoms with Crippen LogP contribution < -0.4 is 5.32 Å². The number of aliphatic hydroxyl groups is 1. The van der Waals surface area contributed by atoms with E-state index in [1.807, 2.05) is 25.1 Å². The molecule has 100 valence electrons. The molecule has 1 aromatic heterocycles. The summed E-state index contributed by atoms with van der Waals surface area (Å²) in [7, 11) is 0. The maximum atomic E-state index is 11.1. The number of carbonyl (C=O) groups is 1. The van der Waals surface area contributed by atoms with Crippen LogP contribution >= 0.6 is 0 Å². The standard InChI is InChI=1S/C14H16N2O3/c1-9(6-7-17)15-12-8-13(14(18)19)16-11-5-3-2-4-10(11)12/h2-5,8-9,17H,6-7H2,1H3,(H,15,16)(H,18,19). The first-order chi connectivity index (χ1) is 9.11. The fourth-order valence-electron chi connectivity index (χ4n) is 1.94. The lowest BCUT2D eigenvalue weighted by molar-refractivity contribution is 0.0691. The van der Waals surface area contributed by atoms with Gasteiger partial charge in [0.25, 0.3) is 0 Å². The van der Waals surface area contributed by atoms with Crippen molar-refractivity contribution in [1.29, 1.82) is 0 Å². The molecule has 19 heavy (non-hydrogen) atoms. The van der Waals surface area contributed by atoms with Crippen LogP contribution in [0, 0.1) is 0 Å². The Morgan fingerprint density at radius 3 is 2.84 bits per heavy atom. The van der Waals surface area contributed by atoms with E-state index < -0.39 is 5.97 Å². The Bertz CT molecular complexity index is 598. The number of para-hydroxylation sites is 1. The van der Waals surface area contributed by atoms with Gasteiger partial charge in [0.2, 0.25) is 0 Å². The van der Waals surface area contributed by atoms with Gasteiger partial charge >= 0.3 is 5.97 Å². The maximum Gasteiger partial charge on any atom is 0.354 e. The number of fused-ring (bicyclic) bond motifs is 1. The molecule has 1 atom stereocenters. The molecule has 2 aromatic rings. The van der Waals surface area contributed by atoms with E-state index in [2.05, 4.69) is 10.3 Å². The van der Waals surface area contributed by atoms with Crippen LogP contribution in [0.5, 0.6) is 0 Å². The molecule has 0 bridgehead atoms. The molecule has 1 unspecified atom stereocenters. The Kier molecular flexibility index (Phi) is 3.97. The van der Waals surface area contributed by atoms with Crippen molar-refractivity contribution >= 4 is 22.6 Å². The van der Waals surface area contributed by atoms with Gasteiger partial charge in [0.05, 0.1) is 5.52 Å². The van der Waals surface area contributed by atoms with E-state index in [-0.39, 0.29) is 18.3 Å². The molecule has 0 saturated carbocycles. The summed E-state index contributed by atoms with van der Waals surface area (Å²) >= 11 is 0. The summed E-state index contributed by atoms with van der Waals surface area (Å²) in [6, 6.07) is 8.95. The Labute approximate surface area is 110 Å². The van der Waals surface area contributed by atoms with Gasteiger partial charge in [-0.1, -0.05) is 18.2 Å². The van der Waals surface area contributed by atoms with Gasteiger partial charge < -0.3 is 15.5 Å². The van der Waals surface area contributed by atoms with Crippen LogP contribution in [0.4, 0.5) is 5.69 Å². The maximum absolute atomic E-state index is 11.1. The van der Waals surface area contributed by atoms with Crippen LogP contribution in [0.3, 0.4) is 0 Å². The van der Waals surface area contributed by atoms with Gasteiger partial charge in [0, 0.05) is 23.7 Å². The number of carboxylic acids is 1. The first kappa shape index (κ1) is 13.3. The van der Waals surface area contributed by atoms with Crippen LogP contribution in [0.25, 0.3) is 10.9 Å². The number of carboxylic acid groups (broad SMARTS) is 1. The number of aliphatic hydroxyl groups excluding tert-OH is 1. The topological polar surface area (TPSA) is 82.5 Å². The Morgan fingerprint density at radius 1 is 1.42 bits per heavy atom. The molecule has 0 aliphatic carbocycles. The van der Waals surface area contributed by atoms with Crippen molar-refractivity contribution < 1.29 is 15.0 Å². The van der Waals surface area contributed by atoms with Crippen LogP contribution in [-0.4, -0.2) is 33.8 Å². The summed E-state index contributed by atoms with van der Waals surface area (Å²) in [5.74, 6) is -1.05. The predicted molar refractivity (Wildman–Crippen MR) is 73.5 cm³/mol. The van der Waals surface area contributed by atoms with Gasteiger partial charge in [0.1, 0.15) is 0 Å². The number of nitrogens with one attached hydrogen (secondary N) is 1. The molecule has 1 aromatic carbocycles. The first-order valence-electron chi connectivity index (χ1n) is 6.12. The number of rotatable bonds is 5. The third-order valence-electron chi connectivity index (χ3n) is 2.90. The summed E-state index contributed by atoms with van der Waals surface area (Å²) in [6.07, 6.45) is 0.596. The summed E-state index contributed by atoms with van der Waals surface area (Å²) in [4.78, 5) is 15.2. The van der Waals surface area contributed by atoms with E-state index in [1.54, 1.807) is 6.07 Å². The van der Waals surface area contributed by atoms with Crippen molar-refractivity contribution in [3.63, 3.8) is 0 Å². The van der Waals surface area contributed by atoms with Gasteiger partial charge in [-0.15, -0.1) is 0 Å². The zero-order valence-corrected chi connectivity index (χ0v) is 10.6. The van der Waals surface area contributed by atoms with Crippen molar-refractivity contribution in [2.75, 3.05) is 11.9 Å². The molecule has 0 spiro atoms. The molecule has 0 fully saturated rings. The quantitative estimate of drug-likeness (QED) is 0.767. The molecule has 0 amide bonds. The number of nitrogens with zero attached hydrogens (tertiary/aromatic N) is 1. The second-order valence-electron chi connectivity index (χ2n) is 4.44. The molecule has 0 radical (unpaired) electrons. The highest BCUT2D eigenvalue weighted by Crippen LogP contribution is 2.24. The normalized spacial score (nSPS) is 12.3. The highest BCUT2D eigenvalue weighted by Gasteiger charge is 2.12. The monoisotopic (exact) mass is 260 g/mol. The van der Waals surface area contributed by atoms with E-state index in [1.165, 1.54) is 6.07 Å². The van der Waals surface area contributed by atoms with E-state index in [9.17, 15) is 4.79 Å². The third kappa shape index (κ3) is 3.00. The second kappa shape index (κ2) is 5.67. The van der Waals surface area contributed by atoms with Gasteiger partial charge in [-0.2, -0.15) is 0 Å². The molecule has 0 aliphatic rings. The highest BCUT2D eigenvalue weighted by atomic mass is 16.4. The number of hydrogen-bond acceptors (Lipinski definition) is 4. The molecular formula is C14H16N2O3. The third-order valence-corrected chi connectivity index (χ3v) is 2.90. The van der Waals surface area contributed by atoms with Crippen LogP contribution in [-0.2, 0) is 0 Å². The predicted octanol–water partition coefficient (Wildman–Crippen LogP) is 2.12. The van der Waals surface area contributed by atoms with Crippen LogP contribution in [0.2, 0.25) is 0 Å². The van der Waals surface area contributed by atoms with Crippen molar-refractivity contribution in [3.8, 4) is 0 Å². The molecule has 5 heteroatoms. The summed E-state index contributed by atoms with van der Waals surface area (Å²) in [6.45, 7) is 2.02. The fraction of sp³-hybridized carbons (Fsp3) is 0.286. The van der Waals surface area contributed by atoms with Gasteiger partial charge in [-0.3, -0.25) is 0 Å². The molecule has 0 saturated heterocycles. The molecule has 3 N–H and O–H groups in total. The smallest absolute Gasteiger partial charge is 0.354 e. The zero-order valence-electron chi connectivity index (χ0n) is 10.6. The molecule has 5 nitrogen and oxygen atoms in total. The minimum atomic E-state index is -1.05. The van der Waals surface area contributed by atoms with Gasteiger partial charge in [-0.25, -0.2) is 9.78 Å². The zero-order chi connectivity index (χ0) is 13.8. The Morgan fingerprint density at radius 2 is 2.16 bits per heavy atom. The average Bonchev–Trinajstić information content (AvgIpc) is 2.38. The number of pyridine rings is 1. The lowest BCUT2D eigenvalue weighted by Gasteiger charge is -2.16. The molecule has 2 rings (SSSR count). The first-order valence-corrected chi connectivity index (χ1v) is 6.12. The van der Waals surface area contributed by atoms with E-state index in [4.69, 9.17) is 10.2 Å². The van der Waals surface area contributed by atoms with Crippen molar-refractivity contribution in [2.24, 2.45) is 0 Å². The van der Waals surface area contributed by atoms with Crippen molar-refractivity contribution in [2.45, 2.75) is 19.4 Å². The lowest BCUT2D eigenvalue weighted by Crippen LogP contribution is -2.17. The highest BCUT2D eigenvalue weighted by molar-refractivity contribution is 5.97. The summed E-state index contributed by atoms with van der Waals surface area (Å²) in [5.41, 5.74) is 1.38. The number of anilines is 1. The number of hydrogen-bond donors (Lipinski definition) is 3. The van der Waals surface area contributed by atoms with E-state index >= 15 is 0 Å². The molecule has 1 heterocycles. The number of aromatic carboxylic acids is 1. The van der Waals surface area contributed by atoms with Crippen molar-refractivity contribution in [3.05, 3.63) is 36.0 Å². The van der Waals surface area contributed by atoms with Crippen LogP contribution in [0.15, 0.2) is 30.3 Å². The fourth-order valence-corrected chi connectivity index (χ4v) is 1.94. The minimum absolute atomic E-state index is 0.0115. The van der Waals surface area contributed by atoms with Gasteiger partial charge in [-0.05, 0) is 25.5 Å². The lowest BCUT2D eigenvalue weighted by atomic mass is 10.1. The largest absolute Gasteiger partial charge is 0.477 e. The molecular weight excluding hydrogens is 244 g/mol. The molecule has 0 aliphatic heterocycles. The number of aromatic nitrogens is 1. The van der Waals surface area contributed by atoms with E-state index in [0.717, 1.165) is 11.1 Å².